The van der Waals surface area contributed by atoms with Gasteiger partial charge in [0.2, 0.25) is 0 Å². The number of aryl methyl sites for hydroxylation is 2. The molecule has 0 saturated heterocycles. The molecule has 0 N–H and O–H groups in total. The van der Waals surface area contributed by atoms with Gasteiger partial charge in [-0.3, -0.25) is 0 Å². The summed E-state index contributed by atoms with van der Waals surface area (Å²) in [7, 11) is 0. The van der Waals surface area contributed by atoms with Crippen LogP contribution in [-0.2, 0) is 0 Å². The lowest BCUT2D eigenvalue weighted by atomic mass is 10.2. The van der Waals surface area contributed by atoms with Gasteiger partial charge in [-0.1, -0.05) is 0 Å². The standard InChI is InChI=1S/C17H17N3O/c1-10(2)20-16-6-5-13(9-18)8-15(16)19-17(20)14-7-11(3)21-12(14)4/h5-8,10H,1-4H3. The first-order chi connectivity index (χ1) is 10.0. The van der Waals surface area contributed by atoms with Crippen LogP contribution >= 0.6 is 0 Å². The fourth-order valence-electron chi connectivity index (χ4n) is 2.73. The molecular formula is C17H17N3O. The molecule has 0 unspecified atom stereocenters. The van der Waals surface area contributed by atoms with Crippen molar-refractivity contribution < 1.29 is 4.42 Å². The van der Waals surface area contributed by atoms with Crippen molar-refractivity contribution in [2.75, 3.05) is 0 Å². The van der Waals surface area contributed by atoms with Gasteiger partial charge < -0.3 is 8.98 Å². The van der Waals surface area contributed by atoms with Crippen molar-refractivity contribution in [3.05, 3.63) is 41.3 Å². The van der Waals surface area contributed by atoms with Crippen LogP contribution in [0.3, 0.4) is 0 Å². The Labute approximate surface area is 123 Å². The lowest BCUT2D eigenvalue weighted by Crippen LogP contribution is -2.03. The zero-order valence-corrected chi connectivity index (χ0v) is 12.6. The van der Waals surface area contributed by atoms with Crippen LogP contribution in [0, 0.1) is 25.2 Å². The van der Waals surface area contributed by atoms with E-state index in [9.17, 15) is 0 Å². The Hall–Kier alpha value is -2.54. The van der Waals surface area contributed by atoms with Crippen LogP contribution in [0.15, 0.2) is 28.7 Å². The van der Waals surface area contributed by atoms with Gasteiger partial charge in [-0.25, -0.2) is 4.98 Å². The van der Waals surface area contributed by atoms with E-state index >= 15 is 0 Å². The second-order valence-corrected chi connectivity index (χ2v) is 5.54. The molecule has 0 fully saturated rings. The molecule has 3 aromatic rings. The molecule has 4 heteroatoms. The van der Waals surface area contributed by atoms with Gasteiger partial charge in [0.05, 0.1) is 28.2 Å². The van der Waals surface area contributed by atoms with E-state index < -0.39 is 0 Å². The number of furan rings is 1. The van der Waals surface area contributed by atoms with E-state index in [0.29, 0.717) is 5.56 Å². The second kappa shape index (κ2) is 4.78. The van der Waals surface area contributed by atoms with Crippen molar-refractivity contribution in [3.63, 3.8) is 0 Å². The van der Waals surface area contributed by atoms with E-state index in [0.717, 1.165) is 33.9 Å². The molecule has 106 valence electrons. The minimum atomic E-state index is 0.271. The minimum absolute atomic E-state index is 0.271. The molecule has 0 aliphatic carbocycles. The third-order valence-electron chi connectivity index (χ3n) is 3.62. The third kappa shape index (κ3) is 2.11. The average Bonchev–Trinajstić information content (AvgIpc) is 2.97. The number of hydrogen-bond acceptors (Lipinski definition) is 3. The van der Waals surface area contributed by atoms with Crippen LogP contribution in [0.4, 0.5) is 0 Å². The first-order valence-corrected chi connectivity index (χ1v) is 7.00. The summed E-state index contributed by atoms with van der Waals surface area (Å²) in [6.45, 7) is 8.15. The predicted octanol–water partition coefficient (Wildman–Crippen LogP) is 4.37. The quantitative estimate of drug-likeness (QED) is 0.700. The van der Waals surface area contributed by atoms with Crippen molar-refractivity contribution >= 4 is 11.0 Å². The fraction of sp³-hybridized carbons (Fsp3) is 0.294. The lowest BCUT2D eigenvalue weighted by molar-refractivity contribution is 0.505. The largest absolute Gasteiger partial charge is 0.466 e. The smallest absolute Gasteiger partial charge is 0.144 e. The van der Waals surface area contributed by atoms with Crippen LogP contribution in [0.5, 0.6) is 0 Å². The molecule has 0 aliphatic heterocycles. The molecule has 21 heavy (non-hydrogen) atoms. The molecule has 3 rings (SSSR count). The molecule has 0 bridgehead atoms. The highest BCUT2D eigenvalue weighted by Gasteiger charge is 2.18. The fourth-order valence-corrected chi connectivity index (χ4v) is 2.73. The van der Waals surface area contributed by atoms with E-state index in [1.165, 1.54) is 0 Å². The van der Waals surface area contributed by atoms with Crippen molar-refractivity contribution in [2.45, 2.75) is 33.7 Å². The van der Waals surface area contributed by atoms with Gasteiger partial charge in [-0.2, -0.15) is 5.26 Å². The van der Waals surface area contributed by atoms with Gasteiger partial charge >= 0.3 is 0 Å². The number of benzene rings is 1. The Balaban J connectivity index is 2.34. The van der Waals surface area contributed by atoms with Crippen molar-refractivity contribution in [1.82, 2.24) is 9.55 Å². The monoisotopic (exact) mass is 279 g/mol. The summed E-state index contributed by atoms with van der Waals surface area (Å²) in [5, 5.41) is 9.05. The molecule has 0 amide bonds. The molecule has 0 saturated carbocycles. The van der Waals surface area contributed by atoms with Crippen LogP contribution < -0.4 is 0 Å². The van der Waals surface area contributed by atoms with Crippen LogP contribution in [0.2, 0.25) is 0 Å². The van der Waals surface area contributed by atoms with E-state index in [-0.39, 0.29) is 6.04 Å². The number of rotatable bonds is 2. The summed E-state index contributed by atoms with van der Waals surface area (Å²) in [4.78, 5) is 4.74. The van der Waals surface area contributed by atoms with Gasteiger partial charge in [0.15, 0.2) is 0 Å². The Bertz CT molecular complexity index is 862. The van der Waals surface area contributed by atoms with Gasteiger partial charge in [0, 0.05) is 6.04 Å². The number of aromatic nitrogens is 2. The van der Waals surface area contributed by atoms with Gasteiger partial charge in [-0.15, -0.1) is 0 Å². The first-order valence-electron chi connectivity index (χ1n) is 7.00. The van der Waals surface area contributed by atoms with Gasteiger partial charge in [0.1, 0.15) is 17.3 Å². The van der Waals surface area contributed by atoms with Crippen LogP contribution in [0.1, 0.15) is 37.0 Å². The Morgan fingerprint density at radius 2 is 2.00 bits per heavy atom. The predicted molar refractivity (Wildman–Crippen MR) is 82.0 cm³/mol. The maximum atomic E-state index is 9.05. The van der Waals surface area contributed by atoms with Gasteiger partial charge in [-0.05, 0) is 52.0 Å². The van der Waals surface area contributed by atoms with Crippen molar-refractivity contribution in [2.24, 2.45) is 0 Å². The maximum absolute atomic E-state index is 9.05. The first kappa shape index (κ1) is 13.4. The SMILES string of the molecule is Cc1cc(-c2nc3cc(C#N)ccc3n2C(C)C)c(C)o1. The van der Waals surface area contributed by atoms with E-state index in [1.54, 1.807) is 0 Å². The molecule has 1 aromatic carbocycles. The van der Waals surface area contributed by atoms with Crippen molar-refractivity contribution in [1.29, 1.82) is 5.26 Å². The zero-order valence-electron chi connectivity index (χ0n) is 12.6. The van der Waals surface area contributed by atoms with E-state index in [2.05, 4.69) is 24.5 Å². The highest BCUT2D eigenvalue weighted by atomic mass is 16.3. The lowest BCUT2D eigenvalue weighted by Gasteiger charge is -2.12. The zero-order chi connectivity index (χ0) is 15.1. The highest BCUT2D eigenvalue weighted by molar-refractivity contribution is 5.82. The Kier molecular flexibility index (Phi) is 3.06. The number of nitriles is 1. The molecule has 0 spiro atoms. The summed E-state index contributed by atoms with van der Waals surface area (Å²) in [5.41, 5.74) is 3.52. The van der Waals surface area contributed by atoms with Crippen molar-refractivity contribution in [3.8, 4) is 17.5 Å². The molecule has 2 aromatic heterocycles. The topological polar surface area (TPSA) is 54.8 Å². The number of hydrogen-bond donors (Lipinski definition) is 0. The summed E-state index contributed by atoms with van der Waals surface area (Å²) in [6, 6.07) is 10.1. The minimum Gasteiger partial charge on any atom is -0.466 e. The Morgan fingerprint density at radius 3 is 2.57 bits per heavy atom. The maximum Gasteiger partial charge on any atom is 0.144 e. The van der Waals surface area contributed by atoms with Crippen LogP contribution in [0.25, 0.3) is 22.4 Å². The number of imidazole rings is 1. The second-order valence-electron chi connectivity index (χ2n) is 5.54. The molecule has 0 atom stereocenters. The number of nitrogens with zero attached hydrogens (tertiary/aromatic N) is 3. The molecular weight excluding hydrogens is 262 g/mol. The normalized spacial score (nSPS) is 11.2. The molecule has 0 radical (unpaired) electrons. The summed E-state index contributed by atoms with van der Waals surface area (Å²) in [5.74, 6) is 2.64. The van der Waals surface area contributed by atoms with Gasteiger partial charge in [0.25, 0.3) is 0 Å². The van der Waals surface area contributed by atoms with E-state index in [4.69, 9.17) is 14.7 Å². The summed E-state index contributed by atoms with van der Waals surface area (Å²) >= 11 is 0. The van der Waals surface area contributed by atoms with Crippen LogP contribution in [-0.4, -0.2) is 9.55 Å². The summed E-state index contributed by atoms with van der Waals surface area (Å²) in [6.07, 6.45) is 0. The van der Waals surface area contributed by atoms with E-state index in [1.807, 2.05) is 38.1 Å². The molecule has 4 nitrogen and oxygen atoms in total. The average molecular weight is 279 g/mol. The number of fused-ring (bicyclic) bond motifs is 1. The molecule has 2 heterocycles. The Morgan fingerprint density at radius 1 is 1.24 bits per heavy atom. The molecule has 0 aliphatic rings. The highest BCUT2D eigenvalue weighted by Crippen LogP contribution is 2.32. The third-order valence-corrected chi connectivity index (χ3v) is 3.62. The summed E-state index contributed by atoms with van der Waals surface area (Å²) < 4.78 is 7.83.